The van der Waals surface area contributed by atoms with Gasteiger partial charge in [-0.05, 0) is 34.7 Å². The highest BCUT2D eigenvalue weighted by Gasteiger charge is 2.21. The van der Waals surface area contributed by atoms with Crippen LogP contribution in [0.25, 0.3) is 22.0 Å². The lowest BCUT2D eigenvalue weighted by molar-refractivity contribution is -0.129. The molecule has 0 saturated carbocycles. The van der Waals surface area contributed by atoms with E-state index in [1.165, 1.54) is 16.7 Å². The van der Waals surface area contributed by atoms with Crippen molar-refractivity contribution < 1.29 is 9.53 Å². The number of rotatable bonds is 2. The Hall–Kier alpha value is -2.88. The number of aromatic nitrogens is 1. The molecular weight excluding hydrogens is 312 g/mol. The highest BCUT2D eigenvalue weighted by molar-refractivity contribution is 5.96. The van der Waals surface area contributed by atoms with Gasteiger partial charge in [-0.3, -0.25) is 4.79 Å². The molecule has 4 heteroatoms. The topological polar surface area (TPSA) is 42.4 Å². The monoisotopic (exact) mass is 332 g/mol. The third-order valence-electron chi connectivity index (χ3n) is 4.90. The van der Waals surface area contributed by atoms with E-state index in [2.05, 4.69) is 29.2 Å². The number of hydrogen-bond acceptors (Lipinski definition) is 3. The van der Waals surface area contributed by atoms with Crippen LogP contribution in [-0.4, -0.2) is 29.4 Å². The maximum atomic E-state index is 11.7. The number of amides is 1. The molecule has 1 aromatic heterocycles. The highest BCUT2D eigenvalue weighted by Crippen LogP contribution is 2.36. The summed E-state index contributed by atoms with van der Waals surface area (Å²) in [4.78, 5) is 18.2. The predicted octanol–water partition coefficient (Wildman–Crippen LogP) is 3.82. The maximum Gasteiger partial charge on any atom is 0.219 e. The van der Waals surface area contributed by atoms with Crippen LogP contribution in [0.1, 0.15) is 18.1 Å². The van der Waals surface area contributed by atoms with Crippen LogP contribution in [0.4, 0.5) is 0 Å². The lowest BCUT2D eigenvalue weighted by atomic mass is 9.89. The van der Waals surface area contributed by atoms with Crippen molar-refractivity contribution in [3.05, 3.63) is 59.7 Å². The molecule has 1 aliphatic heterocycles. The molecule has 0 atom stereocenters. The largest absolute Gasteiger partial charge is 0.481 e. The summed E-state index contributed by atoms with van der Waals surface area (Å²) in [7, 11) is 1.64. The molecule has 0 aliphatic carbocycles. The zero-order chi connectivity index (χ0) is 17.4. The number of pyridine rings is 1. The molecule has 2 aromatic carbocycles. The van der Waals surface area contributed by atoms with Crippen molar-refractivity contribution in [2.24, 2.45) is 0 Å². The molecule has 0 fully saturated rings. The van der Waals surface area contributed by atoms with Crippen LogP contribution in [0.15, 0.2) is 48.5 Å². The van der Waals surface area contributed by atoms with Gasteiger partial charge in [0.25, 0.3) is 0 Å². The van der Waals surface area contributed by atoms with E-state index in [1.807, 2.05) is 29.2 Å². The second kappa shape index (κ2) is 6.20. The fourth-order valence-electron chi connectivity index (χ4n) is 3.61. The SMILES string of the molecule is COc1cc(-c2cccc3c2CCN(C(C)=O)C3)c2ccccc2n1. The second-order valence-corrected chi connectivity index (χ2v) is 6.36. The van der Waals surface area contributed by atoms with E-state index in [0.717, 1.165) is 29.4 Å². The lowest BCUT2D eigenvalue weighted by Crippen LogP contribution is -2.34. The first-order valence-electron chi connectivity index (χ1n) is 8.48. The van der Waals surface area contributed by atoms with E-state index in [9.17, 15) is 4.79 Å². The summed E-state index contributed by atoms with van der Waals surface area (Å²) in [5.41, 5.74) is 5.81. The van der Waals surface area contributed by atoms with Crippen molar-refractivity contribution in [3.8, 4) is 17.0 Å². The minimum Gasteiger partial charge on any atom is -0.481 e. The van der Waals surface area contributed by atoms with E-state index in [0.29, 0.717) is 12.4 Å². The van der Waals surface area contributed by atoms with Crippen LogP contribution in [0.5, 0.6) is 5.88 Å². The number of hydrogen-bond donors (Lipinski definition) is 0. The molecule has 0 spiro atoms. The van der Waals surface area contributed by atoms with Gasteiger partial charge < -0.3 is 9.64 Å². The average molecular weight is 332 g/mol. The minimum atomic E-state index is 0.132. The van der Waals surface area contributed by atoms with Gasteiger partial charge in [0.05, 0.1) is 12.6 Å². The Bertz CT molecular complexity index is 965. The van der Waals surface area contributed by atoms with Gasteiger partial charge in [-0.25, -0.2) is 4.98 Å². The van der Waals surface area contributed by atoms with E-state index in [1.54, 1.807) is 14.0 Å². The zero-order valence-corrected chi connectivity index (χ0v) is 14.5. The molecule has 0 saturated heterocycles. The van der Waals surface area contributed by atoms with Crippen LogP contribution in [0.3, 0.4) is 0 Å². The van der Waals surface area contributed by atoms with E-state index in [4.69, 9.17) is 4.74 Å². The molecule has 2 heterocycles. The molecule has 0 N–H and O–H groups in total. The summed E-state index contributed by atoms with van der Waals surface area (Å²) in [6.07, 6.45) is 0.865. The number of para-hydroxylation sites is 1. The molecule has 3 aromatic rings. The van der Waals surface area contributed by atoms with Crippen molar-refractivity contribution in [1.82, 2.24) is 9.88 Å². The third kappa shape index (κ3) is 2.74. The van der Waals surface area contributed by atoms with Crippen molar-refractivity contribution >= 4 is 16.8 Å². The van der Waals surface area contributed by atoms with Gasteiger partial charge >= 0.3 is 0 Å². The first-order valence-corrected chi connectivity index (χ1v) is 8.48. The van der Waals surface area contributed by atoms with Crippen molar-refractivity contribution in [2.75, 3.05) is 13.7 Å². The van der Waals surface area contributed by atoms with E-state index >= 15 is 0 Å². The molecule has 4 nitrogen and oxygen atoms in total. The molecule has 1 aliphatic rings. The Morgan fingerprint density at radius 3 is 2.76 bits per heavy atom. The van der Waals surface area contributed by atoms with Crippen molar-refractivity contribution in [3.63, 3.8) is 0 Å². The molecule has 126 valence electrons. The van der Waals surface area contributed by atoms with Crippen LogP contribution in [0.2, 0.25) is 0 Å². The number of ether oxygens (including phenoxy) is 1. The summed E-state index contributed by atoms with van der Waals surface area (Å²) < 4.78 is 5.41. The van der Waals surface area contributed by atoms with Crippen LogP contribution in [-0.2, 0) is 17.8 Å². The van der Waals surface area contributed by atoms with Crippen molar-refractivity contribution in [1.29, 1.82) is 0 Å². The summed E-state index contributed by atoms with van der Waals surface area (Å²) in [6, 6.07) is 16.5. The smallest absolute Gasteiger partial charge is 0.219 e. The van der Waals surface area contributed by atoms with Gasteiger partial charge in [0.1, 0.15) is 0 Å². The second-order valence-electron chi connectivity index (χ2n) is 6.36. The predicted molar refractivity (Wildman–Crippen MR) is 98.5 cm³/mol. The Morgan fingerprint density at radius 1 is 1.12 bits per heavy atom. The molecule has 0 radical (unpaired) electrons. The lowest BCUT2D eigenvalue weighted by Gasteiger charge is -2.29. The average Bonchev–Trinajstić information content (AvgIpc) is 2.66. The number of nitrogens with zero attached hydrogens (tertiary/aromatic N) is 2. The number of fused-ring (bicyclic) bond motifs is 2. The molecule has 25 heavy (non-hydrogen) atoms. The Morgan fingerprint density at radius 2 is 1.96 bits per heavy atom. The standard InChI is InChI=1S/C21H20N2O2/c1-14(24)23-11-10-16-15(13-23)6-5-8-17(16)19-12-21(25-2)22-20-9-4-3-7-18(19)20/h3-9,12H,10-11,13H2,1-2H3. The summed E-state index contributed by atoms with van der Waals surface area (Å²) in [5, 5.41) is 1.12. The van der Waals surface area contributed by atoms with Gasteiger partial charge in [-0.1, -0.05) is 36.4 Å². The Kier molecular flexibility index (Phi) is 3.88. The third-order valence-corrected chi connectivity index (χ3v) is 4.90. The Labute approximate surface area is 147 Å². The fraction of sp³-hybridized carbons (Fsp3) is 0.238. The van der Waals surface area contributed by atoms with Gasteiger partial charge in [0.15, 0.2) is 0 Å². The normalized spacial score (nSPS) is 13.6. The minimum absolute atomic E-state index is 0.132. The van der Waals surface area contributed by atoms with Gasteiger partial charge in [0, 0.05) is 31.5 Å². The van der Waals surface area contributed by atoms with E-state index < -0.39 is 0 Å². The van der Waals surface area contributed by atoms with E-state index in [-0.39, 0.29) is 5.91 Å². The van der Waals surface area contributed by atoms with Crippen LogP contribution in [0, 0.1) is 0 Å². The van der Waals surface area contributed by atoms with Gasteiger partial charge in [-0.2, -0.15) is 0 Å². The maximum absolute atomic E-state index is 11.7. The molecular formula is C21H20N2O2. The molecule has 0 bridgehead atoms. The summed E-state index contributed by atoms with van der Waals surface area (Å²) in [6.45, 7) is 3.08. The van der Waals surface area contributed by atoms with Crippen molar-refractivity contribution in [2.45, 2.75) is 19.9 Å². The summed E-state index contributed by atoms with van der Waals surface area (Å²) in [5.74, 6) is 0.750. The number of methoxy groups -OCH3 is 1. The first kappa shape index (κ1) is 15.6. The quantitative estimate of drug-likeness (QED) is 0.716. The van der Waals surface area contributed by atoms with Gasteiger partial charge in [0.2, 0.25) is 11.8 Å². The number of carbonyl (C=O) groups excluding carboxylic acids is 1. The molecule has 1 amide bonds. The number of benzene rings is 2. The summed E-state index contributed by atoms with van der Waals surface area (Å²) >= 11 is 0. The fourth-order valence-corrected chi connectivity index (χ4v) is 3.61. The zero-order valence-electron chi connectivity index (χ0n) is 14.5. The number of carbonyl (C=O) groups is 1. The molecule has 0 unspecified atom stereocenters. The van der Waals surface area contributed by atoms with Gasteiger partial charge in [-0.15, -0.1) is 0 Å². The molecule has 4 rings (SSSR count). The first-order chi connectivity index (χ1) is 12.2. The Balaban J connectivity index is 1.91. The van der Waals surface area contributed by atoms with Crippen LogP contribution < -0.4 is 4.74 Å². The van der Waals surface area contributed by atoms with Crippen LogP contribution >= 0.6 is 0 Å². The highest BCUT2D eigenvalue weighted by atomic mass is 16.5.